The standard InChI is InChI=1S/C16H19N.ClH/c1-17-11-9-14(10-12-17)16-8-4-6-13-5-2-3-7-15(13)16;/h2-8,14H,9-12H2,1H3;1H. The minimum atomic E-state index is 0. The highest BCUT2D eigenvalue weighted by Gasteiger charge is 2.19. The van der Waals surface area contributed by atoms with Crippen LogP contribution in [-0.4, -0.2) is 25.0 Å². The molecule has 0 atom stereocenters. The van der Waals surface area contributed by atoms with Crippen LogP contribution in [0.3, 0.4) is 0 Å². The molecular formula is C16H20ClN. The molecule has 2 aromatic rings. The Morgan fingerprint density at radius 1 is 0.944 bits per heavy atom. The maximum absolute atomic E-state index is 2.43. The van der Waals surface area contributed by atoms with Gasteiger partial charge in [-0.2, -0.15) is 0 Å². The van der Waals surface area contributed by atoms with Gasteiger partial charge >= 0.3 is 0 Å². The normalized spacial score (nSPS) is 17.6. The van der Waals surface area contributed by atoms with Gasteiger partial charge in [-0.15, -0.1) is 12.4 Å². The van der Waals surface area contributed by atoms with Gasteiger partial charge in [-0.1, -0.05) is 42.5 Å². The van der Waals surface area contributed by atoms with E-state index in [0.717, 1.165) is 5.92 Å². The number of rotatable bonds is 1. The highest BCUT2D eigenvalue weighted by molar-refractivity contribution is 5.86. The first-order valence-corrected chi connectivity index (χ1v) is 6.51. The summed E-state index contributed by atoms with van der Waals surface area (Å²) in [5.41, 5.74) is 1.55. The molecule has 0 aromatic heterocycles. The molecule has 2 aromatic carbocycles. The lowest BCUT2D eigenvalue weighted by Gasteiger charge is -2.29. The van der Waals surface area contributed by atoms with Crippen LogP contribution in [0.15, 0.2) is 42.5 Å². The molecule has 1 fully saturated rings. The third-order valence-corrected chi connectivity index (χ3v) is 3.98. The zero-order chi connectivity index (χ0) is 11.7. The van der Waals surface area contributed by atoms with Crippen molar-refractivity contribution in [1.82, 2.24) is 4.90 Å². The SMILES string of the molecule is CN1CCC(c2cccc3ccccc23)CC1.Cl. The maximum atomic E-state index is 2.43. The molecule has 1 saturated heterocycles. The summed E-state index contributed by atoms with van der Waals surface area (Å²) in [7, 11) is 2.22. The monoisotopic (exact) mass is 261 g/mol. The summed E-state index contributed by atoms with van der Waals surface area (Å²) in [5, 5.41) is 2.83. The lowest BCUT2D eigenvalue weighted by molar-refractivity contribution is 0.256. The summed E-state index contributed by atoms with van der Waals surface area (Å²) >= 11 is 0. The highest BCUT2D eigenvalue weighted by atomic mass is 35.5. The van der Waals surface area contributed by atoms with E-state index in [1.165, 1.54) is 36.7 Å². The van der Waals surface area contributed by atoms with Crippen LogP contribution in [0.1, 0.15) is 24.3 Å². The Morgan fingerprint density at radius 2 is 1.61 bits per heavy atom. The first-order chi connectivity index (χ1) is 8.34. The Hall–Kier alpha value is -1.05. The third-order valence-electron chi connectivity index (χ3n) is 3.98. The molecule has 1 aliphatic heterocycles. The van der Waals surface area contributed by atoms with Gasteiger partial charge in [-0.3, -0.25) is 0 Å². The zero-order valence-corrected chi connectivity index (χ0v) is 11.6. The number of nitrogens with zero attached hydrogens (tertiary/aromatic N) is 1. The van der Waals surface area contributed by atoms with Crippen LogP contribution in [-0.2, 0) is 0 Å². The van der Waals surface area contributed by atoms with Crippen LogP contribution < -0.4 is 0 Å². The van der Waals surface area contributed by atoms with E-state index in [1.807, 2.05) is 0 Å². The topological polar surface area (TPSA) is 3.24 Å². The fourth-order valence-electron chi connectivity index (χ4n) is 2.93. The second-order valence-electron chi connectivity index (χ2n) is 5.15. The summed E-state index contributed by atoms with van der Waals surface area (Å²) in [5.74, 6) is 0.747. The largest absolute Gasteiger partial charge is 0.306 e. The van der Waals surface area contributed by atoms with Crippen molar-refractivity contribution < 1.29 is 0 Å². The minimum Gasteiger partial charge on any atom is -0.306 e. The molecule has 1 aliphatic rings. The van der Waals surface area contributed by atoms with E-state index in [9.17, 15) is 0 Å². The molecular weight excluding hydrogens is 242 g/mol. The van der Waals surface area contributed by atoms with Crippen LogP contribution in [0.25, 0.3) is 10.8 Å². The van der Waals surface area contributed by atoms with Gasteiger partial charge in [0.1, 0.15) is 0 Å². The van der Waals surface area contributed by atoms with Gasteiger partial charge < -0.3 is 4.90 Å². The average molecular weight is 262 g/mol. The molecule has 0 aliphatic carbocycles. The molecule has 0 saturated carbocycles. The van der Waals surface area contributed by atoms with Gasteiger partial charge in [0.25, 0.3) is 0 Å². The van der Waals surface area contributed by atoms with E-state index in [1.54, 1.807) is 5.56 Å². The molecule has 0 N–H and O–H groups in total. The molecule has 2 heteroatoms. The molecule has 1 heterocycles. The van der Waals surface area contributed by atoms with E-state index < -0.39 is 0 Å². The fraction of sp³-hybridized carbons (Fsp3) is 0.375. The van der Waals surface area contributed by atoms with Gasteiger partial charge in [0.2, 0.25) is 0 Å². The van der Waals surface area contributed by atoms with E-state index in [0.29, 0.717) is 0 Å². The lowest BCUT2D eigenvalue weighted by atomic mass is 9.86. The lowest BCUT2D eigenvalue weighted by Crippen LogP contribution is -2.29. The second-order valence-corrected chi connectivity index (χ2v) is 5.15. The molecule has 0 bridgehead atoms. The van der Waals surface area contributed by atoms with Crippen molar-refractivity contribution in [2.24, 2.45) is 0 Å². The molecule has 1 nitrogen and oxygen atoms in total. The molecule has 96 valence electrons. The predicted molar refractivity (Wildman–Crippen MR) is 80.7 cm³/mol. The number of hydrogen-bond donors (Lipinski definition) is 0. The predicted octanol–water partition coefficient (Wildman–Crippen LogP) is 4.07. The Balaban J connectivity index is 0.00000120. The van der Waals surface area contributed by atoms with Crippen molar-refractivity contribution in [1.29, 1.82) is 0 Å². The molecule has 3 rings (SSSR count). The summed E-state index contributed by atoms with van der Waals surface area (Å²) in [6.45, 7) is 2.46. The van der Waals surface area contributed by atoms with Crippen molar-refractivity contribution in [2.45, 2.75) is 18.8 Å². The fourth-order valence-corrected chi connectivity index (χ4v) is 2.93. The minimum absolute atomic E-state index is 0. The van der Waals surface area contributed by atoms with Crippen LogP contribution >= 0.6 is 12.4 Å². The molecule has 0 spiro atoms. The second kappa shape index (κ2) is 5.73. The Bertz CT molecular complexity index is 510. The van der Waals surface area contributed by atoms with E-state index in [-0.39, 0.29) is 12.4 Å². The summed E-state index contributed by atoms with van der Waals surface area (Å²) < 4.78 is 0. The number of fused-ring (bicyclic) bond motifs is 1. The molecule has 0 amide bonds. The Morgan fingerprint density at radius 3 is 2.39 bits per heavy atom. The number of halogens is 1. The van der Waals surface area contributed by atoms with Crippen LogP contribution in [0, 0.1) is 0 Å². The number of likely N-dealkylation sites (tertiary alicyclic amines) is 1. The van der Waals surface area contributed by atoms with Crippen molar-refractivity contribution >= 4 is 23.2 Å². The Kier molecular flexibility index (Phi) is 4.26. The van der Waals surface area contributed by atoms with Crippen molar-refractivity contribution in [3.8, 4) is 0 Å². The summed E-state index contributed by atoms with van der Waals surface area (Å²) in [4.78, 5) is 2.43. The Labute approximate surface area is 115 Å². The smallest absolute Gasteiger partial charge is 0.00159 e. The third kappa shape index (κ3) is 2.52. The highest BCUT2D eigenvalue weighted by Crippen LogP contribution is 2.32. The van der Waals surface area contributed by atoms with Crippen molar-refractivity contribution in [3.63, 3.8) is 0 Å². The number of hydrogen-bond acceptors (Lipinski definition) is 1. The first-order valence-electron chi connectivity index (χ1n) is 6.51. The van der Waals surface area contributed by atoms with E-state index in [4.69, 9.17) is 0 Å². The van der Waals surface area contributed by atoms with Gasteiger partial charge in [-0.05, 0) is 55.2 Å². The first kappa shape index (κ1) is 13.4. The summed E-state index contributed by atoms with van der Waals surface area (Å²) in [6.07, 6.45) is 2.59. The van der Waals surface area contributed by atoms with Crippen molar-refractivity contribution in [3.05, 3.63) is 48.0 Å². The zero-order valence-electron chi connectivity index (χ0n) is 10.8. The van der Waals surface area contributed by atoms with Crippen LogP contribution in [0.5, 0.6) is 0 Å². The summed E-state index contributed by atoms with van der Waals surface area (Å²) in [6, 6.07) is 15.5. The van der Waals surface area contributed by atoms with Crippen molar-refractivity contribution in [2.75, 3.05) is 20.1 Å². The quantitative estimate of drug-likeness (QED) is 0.748. The van der Waals surface area contributed by atoms with Gasteiger partial charge in [0, 0.05) is 0 Å². The van der Waals surface area contributed by atoms with Crippen LogP contribution in [0.2, 0.25) is 0 Å². The van der Waals surface area contributed by atoms with Gasteiger partial charge in [0.05, 0.1) is 0 Å². The van der Waals surface area contributed by atoms with E-state index >= 15 is 0 Å². The number of benzene rings is 2. The maximum Gasteiger partial charge on any atom is -0.00159 e. The molecule has 0 unspecified atom stereocenters. The van der Waals surface area contributed by atoms with E-state index in [2.05, 4.69) is 54.4 Å². The van der Waals surface area contributed by atoms with Crippen LogP contribution in [0.4, 0.5) is 0 Å². The molecule has 0 radical (unpaired) electrons. The van der Waals surface area contributed by atoms with Gasteiger partial charge in [0.15, 0.2) is 0 Å². The van der Waals surface area contributed by atoms with Gasteiger partial charge in [-0.25, -0.2) is 0 Å². The number of piperidine rings is 1. The average Bonchev–Trinajstić information content (AvgIpc) is 2.39. The molecule has 18 heavy (non-hydrogen) atoms.